The lowest BCUT2D eigenvalue weighted by Gasteiger charge is -2.09. The van der Waals surface area contributed by atoms with Gasteiger partial charge in [0.15, 0.2) is 0 Å². The Balaban J connectivity index is 1.67. The maximum atomic E-state index is 12.0. The first-order chi connectivity index (χ1) is 9.18. The summed E-state index contributed by atoms with van der Waals surface area (Å²) >= 11 is 3.44. The van der Waals surface area contributed by atoms with Gasteiger partial charge in [0.25, 0.3) is 5.91 Å². The molecule has 0 aliphatic heterocycles. The van der Waals surface area contributed by atoms with Gasteiger partial charge in [-0.2, -0.15) is 0 Å². The van der Waals surface area contributed by atoms with E-state index in [1.165, 1.54) is 12.8 Å². The quantitative estimate of drug-likeness (QED) is 0.781. The van der Waals surface area contributed by atoms with Crippen LogP contribution in [-0.2, 0) is 4.74 Å². The molecule has 0 aromatic heterocycles. The van der Waals surface area contributed by atoms with Crippen molar-refractivity contribution in [3.8, 4) is 0 Å². The molecule has 0 atom stereocenters. The van der Waals surface area contributed by atoms with E-state index in [2.05, 4.69) is 21.2 Å². The van der Waals surface area contributed by atoms with Crippen LogP contribution in [0.3, 0.4) is 0 Å². The molecule has 2 rings (SSSR count). The number of carbonyl (C=O) groups excluding carboxylic acids is 1. The first-order valence-electron chi connectivity index (χ1n) is 6.79. The van der Waals surface area contributed by atoms with E-state index in [1.807, 2.05) is 25.1 Å². The van der Waals surface area contributed by atoms with Crippen LogP contribution in [0.4, 0.5) is 0 Å². The van der Waals surface area contributed by atoms with Gasteiger partial charge in [-0.3, -0.25) is 4.79 Å². The lowest BCUT2D eigenvalue weighted by atomic mass is 10.1. The summed E-state index contributed by atoms with van der Waals surface area (Å²) in [5.74, 6) is 0.792. The van der Waals surface area contributed by atoms with E-state index in [4.69, 9.17) is 4.74 Å². The van der Waals surface area contributed by atoms with Gasteiger partial charge in [0, 0.05) is 29.8 Å². The van der Waals surface area contributed by atoms with Crippen LogP contribution in [0.25, 0.3) is 0 Å². The third-order valence-electron chi connectivity index (χ3n) is 3.31. The fourth-order valence-electron chi connectivity index (χ4n) is 1.86. The van der Waals surface area contributed by atoms with E-state index in [1.54, 1.807) is 0 Å². The largest absolute Gasteiger partial charge is 0.381 e. The van der Waals surface area contributed by atoms with Gasteiger partial charge in [-0.25, -0.2) is 0 Å². The Kier molecular flexibility index (Phi) is 5.40. The SMILES string of the molecule is Cc1c(Br)cccc1C(=O)NCCCOCC1CC1. The molecular weight excluding hydrogens is 306 g/mol. The van der Waals surface area contributed by atoms with Gasteiger partial charge in [0.1, 0.15) is 0 Å². The number of halogens is 1. The molecule has 19 heavy (non-hydrogen) atoms. The Morgan fingerprint density at radius 2 is 2.26 bits per heavy atom. The van der Waals surface area contributed by atoms with E-state index < -0.39 is 0 Å². The lowest BCUT2D eigenvalue weighted by molar-refractivity contribution is 0.0936. The molecule has 0 bridgehead atoms. The van der Waals surface area contributed by atoms with E-state index in [-0.39, 0.29) is 5.91 Å². The summed E-state index contributed by atoms with van der Waals surface area (Å²) in [6.07, 6.45) is 3.50. The van der Waals surface area contributed by atoms with Crippen LogP contribution in [0.2, 0.25) is 0 Å². The minimum atomic E-state index is -0.0130. The highest BCUT2D eigenvalue weighted by Gasteiger charge is 2.20. The molecular formula is C15H20BrNO2. The summed E-state index contributed by atoms with van der Waals surface area (Å²) in [6, 6.07) is 5.67. The fourth-order valence-corrected chi connectivity index (χ4v) is 2.23. The monoisotopic (exact) mass is 325 g/mol. The van der Waals surface area contributed by atoms with Gasteiger partial charge in [-0.15, -0.1) is 0 Å². The molecule has 1 fully saturated rings. The van der Waals surface area contributed by atoms with Crippen molar-refractivity contribution in [2.75, 3.05) is 19.8 Å². The van der Waals surface area contributed by atoms with Gasteiger partial charge in [-0.05, 0) is 49.8 Å². The molecule has 0 radical (unpaired) electrons. The fraction of sp³-hybridized carbons (Fsp3) is 0.533. The second kappa shape index (κ2) is 7.06. The van der Waals surface area contributed by atoms with Crippen LogP contribution >= 0.6 is 15.9 Å². The number of hydrogen-bond acceptors (Lipinski definition) is 2. The zero-order valence-corrected chi connectivity index (χ0v) is 12.8. The number of carbonyl (C=O) groups is 1. The minimum Gasteiger partial charge on any atom is -0.381 e. The number of nitrogens with one attached hydrogen (secondary N) is 1. The summed E-state index contributed by atoms with van der Waals surface area (Å²) in [6.45, 7) is 4.22. The molecule has 104 valence electrons. The number of amides is 1. The summed E-state index contributed by atoms with van der Waals surface area (Å²) in [7, 11) is 0. The molecule has 1 aromatic carbocycles. The second-order valence-electron chi connectivity index (χ2n) is 5.04. The number of hydrogen-bond donors (Lipinski definition) is 1. The molecule has 1 aliphatic rings. The topological polar surface area (TPSA) is 38.3 Å². The Bertz CT molecular complexity index is 444. The molecule has 0 spiro atoms. The van der Waals surface area contributed by atoms with E-state index in [9.17, 15) is 4.79 Å². The molecule has 1 saturated carbocycles. The molecule has 3 nitrogen and oxygen atoms in total. The van der Waals surface area contributed by atoms with Crippen molar-refractivity contribution in [2.45, 2.75) is 26.2 Å². The van der Waals surface area contributed by atoms with Gasteiger partial charge < -0.3 is 10.1 Å². The third-order valence-corrected chi connectivity index (χ3v) is 4.17. The number of benzene rings is 1. The molecule has 1 N–H and O–H groups in total. The van der Waals surface area contributed by atoms with Crippen LogP contribution in [-0.4, -0.2) is 25.7 Å². The smallest absolute Gasteiger partial charge is 0.251 e. The number of ether oxygens (including phenoxy) is 1. The van der Waals surface area contributed by atoms with Crippen molar-refractivity contribution in [3.05, 3.63) is 33.8 Å². The van der Waals surface area contributed by atoms with Crippen molar-refractivity contribution in [1.29, 1.82) is 0 Å². The summed E-state index contributed by atoms with van der Waals surface area (Å²) in [4.78, 5) is 12.0. The highest BCUT2D eigenvalue weighted by molar-refractivity contribution is 9.10. The molecule has 0 unspecified atom stereocenters. The highest BCUT2D eigenvalue weighted by Crippen LogP contribution is 2.28. The Morgan fingerprint density at radius 3 is 3.00 bits per heavy atom. The average molecular weight is 326 g/mol. The van der Waals surface area contributed by atoms with Crippen LogP contribution in [0, 0.1) is 12.8 Å². The number of rotatable bonds is 7. The summed E-state index contributed by atoms with van der Waals surface area (Å²) in [5.41, 5.74) is 1.71. The van der Waals surface area contributed by atoms with Crippen molar-refractivity contribution in [3.63, 3.8) is 0 Å². The standard InChI is InChI=1S/C15H20BrNO2/c1-11-13(4-2-5-14(11)16)15(18)17-8-3-9-19-10-12-6-7-12/h2,4-5,12H,3,6-10H2,1H3,(H,17,18). The van der Waals surface area contributed by atoms with Crippen molar-refractivity contribution < 1.29 is 9.53 Å². The average Bonchev–Trinajstić information content (AvgIpc) is 3.20. The van der Waals surface area contributed by atoms with Crippen LogP contribution in [0.5, 0.6) is 0 Å². The van der Waals surface area contributed by atoms with Gasteiger partial charge in [0.05, 0.1) is 0 Å². The third kappa shape index (κ3) is 4.62. The second-order valence-corrected chi connectivity index (χ2v) is 5.89. The van der Waals surface area contributed by atoms with Crippen LogP contribution < -0.4 is 5.32 Å². The normalized spacial score (nSPS) is 14.4. The van der Waals surface area contributed by atoms with E-state index >= 15 is 0 Å². The zero-order chi connectivity index (χ0) is 13.7. The minimum absolute atomic E-state index is 0.0130. The predicted molar refractivity (Wildman–Crippen MR) is 79.4 cm³/mol. The summed E-state index contributed by atoms with van der Waals surface area (Å²) < 4.78 is 6.49. The van der Waals surface area contributed by atoms with Crippen molar-refractivity contribution >= 4 is 21.8 Å². The van der Waals surface area contributed by atoms with Crippen LogP contribution in [0.1, 0.15) is 35.2 Å². The lowest BCUT2D eigenvalue weighted by Crippen LogP contribution is -2.26. The Hall–Kier alpha value is -0.870. The Morgan fingerprint density at radius 1 is 1.47 bits per heavy atom. The van der Waals surface area contributed by atoms with E-state index in [0.717, 1.165) is 41.2 Å². The zero-order valence-electron chi connectivity index (χ0n) is 11.2. The predicted octanol–water partition coefficient (Wildman–Crippen LogP) is 3.30. The maximum absolute atomic E-state index is 12.0. The maximum Gasteiger partial charge on any atom is 0.251 e. The summed E-state index contributed by atoms with van der Waals surface area (Å²) in [5, 5.41) is 2.93. The Labute approximate surface area is 122 Å². The van der Waals surface area contributed by atoms with Gasteiger partial charge >= 0.3 is 0 Å². The van der Waals surface area contributed by atoms with Gasteiger partial charge in [-0.1, -0.05) is 22.0 Å². The van der Waals surface area contributed by atoms with Crippen LogP contribution in [0.15, 0.2) is 22.7 Å². The molecule has 1 aromatic rings. The first kappa shape index (κ1) is 14.5. The first-order valence-corrected chi connectivity index (χ1v) is 7.59. The van der Waals surface area contributed by atoms with Crippen molar-refractivity contribution in [1.82, 2.24) is 5.32 Å². The molecule has 1 aliphatic carbocycles. The molecule has 4 heteroatoms. The van der Waals surface area contributed by atoms with Gasteiger partial charge in [0.2, 0.25) is 0 Å². The van der Waals surface area contributed by atoms with E-state index in [0.29, 0.717) is 6.54 Å². The molecule has 0 heterocycles. The highest BCUT2D eigenvalue weighted by atomic mass is 79.9. The molecule has 1 amide bonds. The van der Waals surface area contributed by atoms with Crippen molar-refractivity contribution in [2.24, 2.45) is 5.92 Å². The molecule has 0 saturated heterocycles.